The number of hydrogen-bond donors (Lipinski definition) is 0. The molecule has 0 aromatic carbocycles. The molecule has 0 spiro atoms. The van der Waals surface area contributed by atoms with E-state index in [1.165, 1.54) is 0 Å². The maximum Gasteiger partial charge on any atom is 0.103 e. The Balaban J connectivity index is 2.76. The van der Waals surface area contributed by atoms with Gasteiger partial charge in [-0.15, -0.1) is 0 Å². The molecular weight excluding hydrogens is 103 g/mol. The summed E-state index contributed by atoms with van der Waals surface area (Å²) in [5.41, 5.74) is 0.788. The normalized spacial score (nSPS) is 19.8. The van der Waals surface area contributed by atoms with Gasteiger partial charge in [0.15, 0.2) is 0 Å². The molecule has 1 aliphatic rings. The Kier molecular flexibility index (Phi) is 1.47. The highest BCUT2D eigenvalue weighted by molar-refractivity contribution is 5.23. The van der Waals surface area contributed by atoms with E-state index in [9.17, 15) is 4.39 Å². The molecule has 0 bridgehead atoms. The molecule has 8 heavy (non-hydrogen) atoms. The standard InChI is InChI=1S/C7H9F/c1-6-4-2-3-5-7(6)8/h2,4H,3,5H2,1H3. The van der Waals surface area contributed by atoms with Gasteiger partial charge < -0.3 is 0 Å². The first-order valence-electron chi connectivity index (χ1n) is 2.82. The van der Waals surface area contributed by atoms with Crippen molar-refractivity contribution in [2.75, 3.05) is 0 Å². The lowest BCUT2D eigenvalue weighted by Gasteiger charge is -2.02. The van der Waals surface area contributed by atoms with E-state index in [0.29, 0.717) is 6.42 Å². The SMILES string of the molecule is CC1=C(F)CCC=C1. The lowest BCUT2D eigenvalue weighted by molar-refractivity contribution is 0.578. The molecule has 0 unspecified atom stereocenters. The molecule has 0 atom stereocenters. The second-order valence-corrected chi connectivity index (χ2v) is 2.03. The maximum absolute atomic E-state index is 12.4. The molecular formula is C7H9F. The van der Waals surface area contributed by atoms with Crippen LogP contribution in [0.15, 0.2) is 23.6 Å². The van der Waals surface area contributed by atoms with Crippen LogP contribution in [0.2, 0.25) is 0 Å². The highest BCUT2D eigenvalue weighted by Crippen LogP contribution is 2.18. The minimum atomic E-state index is 0.0486. The fourth-order valence-electron chi connectivity index (χ4n) is 0.758. The van der Waals surface area contributed by atoms with Crippen LogP contribution in [-0.2, 0) is 0 Å². The van der Waals surface area contributed by atoms with Crippen molar-refractivity contribution in [1.82, 2.24) is 0 Å². The predicted molar refractivity (Wildman–Crippen MR) is 32.2 cm³/mol. The van der Waals surface area contributed by atoms with Crippen LogP contribution >= 0.6 is 0 Å². The van der Waals surface area contributed by atoms with Gasteiger partial charge in [0.1, 0.15) is 5.83 Å². The average Bonchev–Trinajstić information content (AvgIpc) is 1.77. The molecule has 1 heteroatoms. The van der Waals surface area contributed by atoms with Crippen LogP contribution in [0.5, 0.6) is 0 Å². The highest BCUT2D eigenvalue weighted by atomic mass is 19.1. The monoisotopic (exact) mass is 112 g/mol. The van der Waals surface area contributed by atoms with Crippen molar-refractivity contribution < 1.29 is 4.39 Å². The first-order valence-corrected chi connectivity index (χ1v) is 2.82. The molecule has 1 aliphatic carbocycles. The van der Waals surface area contributed by atoms with E-state index in [2.05, 4.69) is 0 Å². The lowest BCUT2D eigenvalue weighted by Crippen LogP contribution is -1.84. The zero-order valence-electron chi connectivity index (χ0n) is 4.95. The predicted octanol–water partition coefficient (Wildman–Crippen LogP) is 2.58. The summed E-state index contributed by atoms with van der Waals surface area (Å²) in [4.78, 5) is 0. The number of halogens is 1. The Hall–Kier alpha value is -0.590. The van der Waals surface area contributed by atoms with Crippen molar-refractivity contribution in [1.29, 1.82) is 0 Å². The minimum absolute atomic E-state index is 0.0486. The van der Waals surface area contributed by atoms with Crippen LogP contribution in [0.3, 0.4) is 0 Å². The fourth-order valence-corrected chi connectivity index (χ4v) is 0.758. The van der Waals surface area contributed by atoms with Gasteiger partial charge in [0, 0.05) is 6.42 Å². The van der Waals surface area contributed by atoms with Gasteiger partial charge in [0.2, 0.25) is 0 Å². The van der Waals surface area contributed by atoms with E-state index in [0.717, 1.165) is 12.0 Å². The summed E-state index contributed by atoms with van der Waals surface area (Å²) in [5, 5.41) is 0. The molecule has 0 aromatic rings. The van der Waals surface area contributed by atoms with Gasteiger partial charge >= 0.3 is 0 Å². The summed E-state index contributed by atoms with van der Waals surface area (Å²) >= 11 is 0. The quantitative estimate of drug-likeness (QED) is 0.451. The fraction of sp³-hybridized carbons (Fsp3) is 0.429. The second-order valence-electron chi connectivity index (χ2n) is 2.03. The van der Waals surface area contributed by atoms with Crippen LogP contribution in [0.25, 0.3) is 0 Å². The van der Waals surface area contributed by atoms with Gasteiger partial charge in [0.25, 0.3) is 0 Å². The Labute approximate surface area is 48.7 Å². The molecule has 0 amide bonds. The van der Waals surface area contributed by atoms with Crippen molar-refractivity contribution in [3.8, 4) is 0 Å². The smallest absolute Gasteiger partial charge is 0.103 e. The Bertz CT molecular complexity index is 142. The maximum atomic E-state index is 12.4. The first kappa shape index (κ1) is 5.54. The van der Waals surface area contributed by atoms with Gasteiger partial charge in [-0.05, 0) is 18.9 Å². The molecule has 1 rings (SSSR count). The third kappa shape index (κ3) is 0.971. The van der Waals surface area contributed by atoms with Crippen LogP contribution in [-0.4, -0.2) is 0 Å². The molecule has 0 saturated heterocycles. The van der Waals surface area contributed by atoms with E-state index in [1.54, 1.807) is 6.92 Å². The van der Waals surface area contributed by atoms with Crippen molar-refractivity contribution in [3.63, 3.8) is 0 Å². The zero-order valence-corrected chi connectivity index (χ0v) is 4.95. The Morgan fingerprint density at radius 2 is 2.38 bits per heavy atom. The average molecular weight is 112 g/mol. The molecule has 0 nitrogen and oxygen atoms in total. The molecule has 0 aromatic heterocycles. The molecule has 0 saturated carbocycles. The zero-order chi connectivity index (χ0) is 5.98. The minimum Gasteiger partial charge on any atom is -0.212 e. The Morgan fingerprint density at radius 1 is 1.62 bits per heavy atom. The number of allylic oxidation sites excluding steroid dienone is 4. The largest absolute Gasteiger partial charge is 0.212 e. The van der Waals surface area contributed by atoms with Gasteiger partial charge in [-0.2, -0.15) is 0 Å². The van der Waals surface area contributed by atoms with Gasteiger partial charge in [0.05, 0.1) is 0 Å². The van der Waals surface area contributed by atoms with E-state index in [-0.39, 0.29) is 5.83 Å². The summed E-state index contributed by atoms with van der Waals surface area (Å²) in [7, 11) is 0. The Morgan fingerprint density at radius 3 is 2.75 bits per heavy atom. The molecule has 0 heterocycles. The molecule has 44 valence electrons. The topological polar surface area (TPSA) is 0 Å². The summed E-state index contributed by atoms with van der Waals surface area (Å²) in [5.74, 6) is 0.0486. The second kappa shape index (κ2) is 2.12. The third-order valence-electron chi connectivity index (χ3n) is 1.33. The van der Waals surface area contributed by atoms with Crippen LogP contribution in [0.4, 0.5) is 4.39 Å². The van der Waals surface area contributed by atoms with Crippen molar-refractivity contribution in [2.45, 2.75) is 19.8 Å². The van der Waals surface area contributed by atoms with Crippen LogP contribution in [0.1, 0.15) is 19.8 Å². The van der Waals surface area contributed by atoms with E-state index < -0.39 is 0 Å². The summed E-state index contributed by atoms with van der Waals surface area (Å²) in [6.45, 7) is 1.80. The van der Waals surface area contributed by atoms with Crippen molar-refractivity contribution in [3.05, 3.63) is 23.6 Å². The number of hydrogen-bond acceptors (Lipinski definition) is 0. The summed E-state index contributed by atoms with van der Waals surface area (Å²) in [6.07, 6.45) is 5.29. The van der Waals surface area contributed by atoms with Gasteiger partial charge in [-0.3, -0.25) is 0 Å². The first-order chi connectivity index (χ1) is 3.80. The van der Waals surface area contributed by atoms with E-state index in [4.69, 9.17) is 0 Å². The lowest BCUT2D eigenvalue weighted by atomic mass is 10.1. The molecule has 0 radical (unpaired) electrons. The third-order valence-corrected chi connectivity index (χ3v) is 1.33. The molecule has 0 fully saturated rings. The summed E-state index contributed by atoms with van der Waals surface area (Å²) < 4.78 is 12.4. The van der Waals surface area contributed by atoms with Crippen molar-refractivity contribution in [2.24, 2.45) is 0 Å². The molecule has 0 N–H and O–H groups in total. The number of rotatable bonds is 0. The molecule has 0 aliphatic heterocycles. The highest BCUT2D eigenvalue weighted by Gasteiger charge is 2.00. The van der Waals surface area contributed by atoms with Crippen LogP contribution < -0.4 is 0 Å². The van der Waals surface area contributed by atoms with Gasteiger partial charge in [-0.25, -0.2) is 4.39 Å². The van der Waals surface area contributed by atoms with Gasteiger partial charge in [-0.1, -0.05) is 12.2 Å². The van der Waals surface area contributed by atoms with Crippen molar-refractivity contribution >= 4 is 0 Å². The van der Waals surface area contributed by atoms with E-state index >= 15 is 0 Å². The van der Waals surface area contributed by atoms with Crippen LogP contribution in [0, 0.1) is 0 Å². The van der Waals surface area contributed by atoms with E-state index in [1.807, 2.05) is 12.2 Å². The summed E-state index contributed by atoms with van der Waals surface area (Å²) in [6, 6.07) is 0.